The van der Waals surface area contributed by atoms with E-state index < -0.39 is 0 Å². The van der Waals surface area contributed by atoms with Crippen LogP contribution in [0.4, 0.5) is 0 Å². The zero-order valence-electron chi connectivity index (χ0n) is 15.3. The standard InChI is InChI=1S/C19H29N3O2.2ClH/c20-17-9-13-22(15-17)19(23)16-5-7-18(8-6-16)24-14-4-12-21-10-2-1-3-11-21;;/h5-8,17H,1-4,9-15,20H2;2*1H. The molecule has 1 amide bonds. The fraction of sp³-hybridized carbons (Fsp3) is 0.632. The van der Waals surface area contributed by atoms with Gasteiger partial charge in [0.1, 0.15) is 5.75 Å². The first kappa shape index (κ1) is 23.0. The second-order valence-corrected chi connectivity index (χ2v) is 6.93. The Morgan fingerprint density at radius 3 is 2.38 bits per heavy atom. The van der Waals surface area contributed by atoms with Crippen molar-refractivity contribution in [3.8, 4) is 5.75 Å². The Balaban J connectivity index is 0.00000169. The highest BCUT2D eigenvalue weighted by Crippen LogP contribution is 2.17. The quantitative estimate of drug-likeness (QED) is 0.741. The van der Waals surface area contributed by atoms with Crippen LogP contribution in [0.25, 0.3) is 0 Å². The number of amides is 1. The van der Waals surface area contributed by atoms with E-state index in [1.807, 2.05) is 29.2 Å². The zero-order chi connectivity index (χ0) is 16.8. The van der Waals surface area contributed by atoms with Crippen LogP contribution in [0.15, 0.2) is 24.3 Å². The number of carbonyl (C=O) groups is 1. The lowest BCUT2D eigenvalue weighted by atomic mass is 10.1. The van der Waals surface area contributed by atoms with Crippen LogP contribution in [0, 0.1) is 0 Å². The van der Waals surface area contributed by atoms with Gasteiger partial charge in [0, 0.05) is 31.2 Å². The van der Waals surface area contributed by atoms with Crippen molar-refractivity contribution in [2.45, 2.75) is 38.1 Å². The van der Waals surface area contributed by atoms with Crippen LogP contribution in [0.1, 0.15) is 42.5 Å². The van der Waals surface area contributed by atoms with Gasteiger partial charge in [0.05, 0.1) is 6.61 Å². The van der Waals surface area contributed by atoms with E-state index in [0.29, 0.717) is 12.1 Å². The molecular formula is C19H31Cl2N3O2. The number of ether oxygens (including phenoxy) is 1. The molecule has 148 valence electrons. The summed E-state index contributed by atoms with van der Waals surface area (Å²) in [6.45, 7) is 5.73. The molecule has 0 bridgehead atoms. The Labute approximate surface area is 169 Å². The van der Waals surface area contributed by atoms with E-state index in [0.717, 1.165) is 38.3 Å². The third-order valence-electron chi connectivity index (χ3n) is 4.95. The number of halogens is 2. The summed E-state index contributed by atoms with van der Waals surface area (Å²) in [5.74, 6) is 0.905. The molecule has 2 saturated heterocycles. The van der Waals surface area contributed by atoms with E-state index in [4.69, 9.17) is 10.5 Å². The van der Waals surface area contributed by atoms with Gasteiger partial charge in [-0.15, -0.1) is 24.8 Å². The average molecular weight is 404 g/mol. The van der Waals surface area contributed by atoms with Crippen molar-refractivity contribution < 1.29 is 9.53 Å². The molecule has 2 heterocycles. The number of rotatable bonds is 6. The number of hydrogen-bond acceptors (Lipinski definition) is 4. The molecule has 2 N–H and O–H groups in total. The van der Waals surface area contributed by atoms with Crippen molar-refractivity contribution in [3.63, 3.8) is 0 Å². The second-order valence-electron chi connectivity index (χ2n) is 6.93. The Morgan fingerprint density at radius 2 is 1.77 bits per heavy atom. The molecule has 1 aromatic carbocycles. The monoisotopic (exact) mass is 403 g/mol. The van der Waals surface area contributed by atoms with Crippen LogP contribution < -0.4 is 10.5 Å². The molecule has 1 unspecified atom stereocenters. The largest absolute Gasteiger partial charge is 0.494 e. The Hall–Kier alpha value is -1.01. The number of benzene rings is 1. The molecule has 0 saturated carbocycles. The summed E-state index contributed by atoms with van der Waals surface area (Å²) in [7, 11) is 0. The molecule has 2 aliphatic heterocycles. The zero-order valence-corrected chi connectivity index (χ0v) is 16.9. The Kier molecular flexibility index (Phi) is 10.3. The molecule has 0 aliphatic carbocycles. The summed E-state index contributed by atoms with van der Waals surface area (Å²) in [6, 6.07) is 7.61. The number of likely N-dealkylation sites (tertiary alicyclic amines) is 2. The minimum Gasteiger partial charge on any atom is -0.494 e. The van der Waals surface area contributed by atoms with Gasteiger partial charge in [0.25, 0.3) is 5.91 Å². The summed E-state index contributed by atoms with van der Waals surface area (Å²) in [5.41, 5.74) is 6.58. The number of nitrogens with two attached hydrogens (primary N) is 1. The average Bonchev–Trinajstić information content (AvgIpc) is 3.06. The van der Waals surface area contributed by atoms with E-state index in [-0.39, 0.29) is 36.8 Å². The lowest BCUT2D eigenvalue weighted by molar-refractivity contribution is 0.0791. The minimum absolute atomic E-state index is 0. The summed E-state index contributed by atoms with van der Waals surface area (Å²) in [5, 5.41) is 0. The lowest BCUT2D eigenvalue weighted by Crippen LogP contribution is -2.31. The number of carbonyl (C=O) groups excluding carboxylic acids is 1. The molecule has 0 radical (unpaired) electrons. The van der Waals surface area contributed by atoms with Gasteiger partial charge in [-0.05, 0) is 63.0 Å². The third kappa shape index (κ3) is 6.62. The van der Waals surface area contributed by atoms with Crippen molar-refractivity contribution >= 4 is 30.7 Å². The molecule has 0 aromatic heterocycles. The molecule has 2 fully saturated rings. The summed E-state index contributed by atoms with van der Waals surface area (Å²) in [6.07, 6.45) is 5.98. The van der Waals surface area contributed by atoms with Crippen LogP contribution in [0.3, 0.4) is 0 Å². The number of hydrogen-bond donors (Lipinski definition) is 1. The molecule has 5 nitrogen and oxygen atoms in total. The van der Waals surface area contributed by atoms with E-state index >= 15 is 0 Å². The predicted molar refractivity (Wildman–Crippen MR) is 110 cm³/mol. The maximum absolute atomic E-state index is 12.4. The van der Waals surface area contributed by atoms with Crippen molar-refractivity contribution in [3.05, 3.63) is 29.8 Å². The van der Waals surface area contributed by atoms with Gasteiger partial charge < -0.3 is 20.3 Å². The number of nitrogens with zero attached hydrogens (tertiary/aromatic N) is 2. The SMILES string of the molecule is Cl.Cl.NC1CCN(C(=O)c2ccc(OCCCN3CCCCC3)cc2)C1. The van der Waals surface area contributed by atoms with Crippen molar-refractivity contribution in [2.24, 2.45) is 5.73 Å². The Morgan fingerprint density at radius 1 is 1.08 bits per heavy atom. The van der Waals surface area contributed by atoms with Crippen LogP contribution in [-0.4, -0.2) is 61.1 Å². The first-order valence-electron chi connectivity index (χ1n) is 9.22. The van der Waals surface area contributed by atoms with Gasteiger partial charge in [0.2, 0.25) is 0 Å². The van der Waals surface area contributed by atoms with E-state index in [1.165, 1.54) is 32.4 Å². The molecule has 0 spiro atoms. The van der Waals surface area contributed by atoms with Gasteiger partial charge in [-0.2, -0.15) is 0 Å². The smallest absolute Gasteiger partial charge is 0.253 e. The van der Waals surface area contributed by atoms with E-state index in [1.54, 1.807) is 0 Å². The highest BCUT2D eigenvalue weighted by atomic mass is 35.5. The van der Waals surface area contributed by atoms with Crippen LogP contribution >= 0.6 is 24.8 Å². The van der Waals surface area contributed by atoms with Gasteiger partial charge in [-0.1, -0.05) is 6.42 Å². The molecular weight excluding hydrogens is 373 g/mol. The lowest BCUT2D eigenvalue weighted by Gasteiger charge is -2.26. The van der Waals surface area contributed by atoms with Crippen molar-refractivity contribution in [1.82, 2.24) is 9.80 Å². The first-order valence-corrected chi connectivity index (χ1v) is 9.22. The Bertz CT molecular complexity index is 536. The highest BCUT2D eigenvalue weighted by Gasteiger charge is 2.24. The molecule has 7 heteroatoms. The predicted octanol–water partition coefficient (Wildman–Crippen LogP) is 2.96. The van der Waals surface area contributed by atoms with Crippen LogP contribution in [0.2, 0.25) is 0 Å². The third-order valence-corrected chi connectivity index (χ3v) is 4.95. The number of piperidine rings is 1. The molecule has 1 aromatic rings. The minimum atomic E-state index is 0. The van der Waals surface area contributed by atoms with Crippen LogP contribution in [-0.2, 0) is 0 Å². The highest BCUT2D eigenvalue weighted by molar-refractivity contribution is 5.94. The van der Waals surface area contributed by atoms with Gasteiger partial charge in [0.15, 0.2) is 0 Å². The topological polar surface area (TPSA) is 58.8 Å². The van der Waals surface area contributed by atoms with Gasteiger partial charge in [-0.25, -0.2) is 0 Å². The molecule has 2 aliphatic rings. The molecule has 1 atom stereocenters. The van der Waals surface area contributed by atoms with E-state index in [9.17, 15) is 4.79 Å². The second kappa shape index (κ2) is 11.7. The van der Waals surface area contributed by atoms with Gasteiger partial charge >= 0.3 is 0 Å². The normalized spacial score (nSPS) is 20.2. The van der Waals surface area contributed by atoms with Crippen molar-refractivity contribution in [2.75, 3.05) is 39.3 Å². The van der Waals surface area contributed by atoms with Gasteiger partial charge in [-0.3, -0.25) is 4.79 Å². The summed E-state index contributed by atoms with van der Waals surface area (Å²) < 4.78 is 5.80. The van der Waals surface area contributed by atoms with Crippen LogP contribution in [0.5, 0.6) is 5.75 Å². The first-order chi connectivity index (χ1) is 11.7. The summed E-state index contributed by atoms with van der Waals surface area (Å²) in [4.78, 5) is 16.7. The van der Waals surface area contributed by atoms with E-state index in [2.05, 4.69) is 4.90 Å². The van der Waals surface area contributed by atoms with Crippen molar-refractivity contribution in [1.29, 1.82) is 0 Å². The maximum atomic E-state index is 12.4. The fourth-order valence-electron chi connectivity index (χ4n) is 3.51. The molecule has 3 rings (SSSR count). The fourth-order valence-corrected chi connectivity index (χ4v) is 3.51. The summed E-state index contributed by atoms with van der Waals surface area (Å²) >= 11 is 0. The molecule has 26 heavy (non-hydrogen) atoms. The maximum Gasteiger partial charge on any atom is 0.253 e.